The van der Waals surface area contributed by atoms with Crippen LogP contribution in [-0.2, 0) is 21.2 Å². The molecule has 1 fully saturated rings. The van der Waals surface area contributed by atoms with Crippen LogP contribution in [0.25, 0.3) is 0 Å². The van der Waals surface area contributed by atoms with Gasteiger partial charge in [-0.3, -0.25) is 4.79 Å². The molecule has 0 aromatic heterocycles. The molecule has 1 heterocycles. The van der Waals surface area contributed by atoms with Crippen LogP contribution in [0.3, 0.4) is 0 Å². The molecular weight excluding hydrogens is 396 g/mol. The fraction of sp³-hybridized carbons (Fsp3) is 0.381. The third-order valence-corrected chi connectivity index (χ3v) is 7.35. The third-order valence-electron chi connectivity index (χ3n) is 5.06. The smallest absolute Gasteiger partial charge is 0.227 e. The summed E-state index contributed by atoms with van der Waals surface area (Å²) < 4.78 is 26.7. The fourth-order valence-electron chi connectivity index (χ4n) is 3.43. The summed E-state index contributed by atoms with van der Waals surface area (Å²) in [6, 6.07) is 17.0. The van der Waals surface area contributed by atoms with Gasteiger partial charge in [-0.15, -0.1) is 0 Å². The SMILES string of the molecule is O=C(Nc1ccccc1Cl)C1CCN(S(=O)(=O)CCCc2ccccc2)CC1. The van der Waals surface area contributed by atoms with E-state index in [1.165, 1.54) is 4.31 Å². The second-order valence-corrected chi connectivity index (χ2v) is 9.54. The predicted octanol–water partition coefficient (Wildman–Crippen LogP) is 3.95. The average molecular weight is 421 g/mol. The highest BCUT2D eigenvalue weighted by atomic mass is 35.5. The van der Waals surface area contributed by atoms with Gasteiger partial charge in [0.05, 0.1) is 16.5 Å². The molecule has 2 aromatic rings. The molecule has 0 aliphatic carbocycles. The number of anilines is 1. The zero-order valence-corrected chi connectivity index (χ0v) is 17.3. The predicted molar refractivity (Wildman–Crippen MR) is 113 cm³/mol. The topological polar surface area (TPSA) is 66.5 Å². The van der Waals surface area contributed by atoms with Crippen LogP contribution >= 0.6 is 11.6 Å². The van der Waals surface area contributed by atoms with E-state index < -0.39 is 10.0 Å². The van der Waals surface area contributed by atoms with Gasteiger partial charge >= 0.3 is 0 Å². The Morgan fingerprint density at radius 1 is 1.04 bits per heavy atom. The van der Waals surface area contributed by atoms with Gasteiger partial charge < -0.3 is 5.32 Å². The van der Waals surface area contributed by atoms with E-state index in [9.17, 15) is 13.2 Å². The summed E-state index contributed by atoms with van der Waals surface area (Å²) in [5.41, 5.74) is 1.73. The van der Waals surface area contributed by atoms with Gasteiger partial charge in [-0.05, 0) is 43.4 Å². The maximum Gasteiger partial charge on any atom is 0.227 e. The molecule has 0 spiro atoms. The summed E-state index contributed by atoms with van der Waals surface area (Å²) in [5, 5.41) is 3.34. The highest BCUT2D eigenvalue weighted by molar-refractivity contribution is 7.89. The van der Waals surface area contributed by atoms with E-state index in [2.05, 4.69) is 5.32 Å². The van der Waals surface area contributed by atoms with Crippen molar-refractivity contribution in [3.05, 3.63) is 65.2 Å². The largest absolute Gasteiger partial charge is 0.325 e. The highest BCUT2D eigenvalue weighted by Crippen LogP contribution is 2.25. The Morgan fingerprint density at radius 2 is 1.68 bits per heavy atom. The van der Waals surface area contributed by atoms with E-state index in [0.717, 1.165) is 12.0 Å². The van der Waals surface area contributed by atoms with Crippen LogP contribution in [0.5, 0.6) is 0 Å². The third kappa shape index (κ3) is 5.56. The van der Waals surface area contributed by atoms with Crippen molar-refractivity contribution in [3.8, 4) is 0 Å². The minimum Gasteiger partial charge on any atom is -0.325 e. The van der Waals surface area contributed by atoms with E-state index in [1.807, 2.05) is 36.4 Å². The first-order valence-corrected chi connectivity index (χ1v) is 11.5. The van der Waals surface area contributed by atoms with E-state index in [4.69, 9.17) is 11.6 Å². The van der Waals surface area contributed by atoms with Crippen molar-refractivity contribution >= 4 is 33.2 Å². The van der Waals surface area contributed by atoms with Crippen LogP contribution in [-0.4, -0.2) is 37.5 Å². The fourth-order valence-corrected chi connectivity index (χ4v) is 5.14. The molecule has 1 saturated heterocycles. The number of hydrogen-bond donors (Lipinski definition) is 1. The standard InChI is InChI=1S/C21H25ClN2O3S/c22-19-10-4-5-11-20(19)23-21(25)18-12-14-24(15-13-18)28(26,27)16-6-9-17-7-2-1-3-8-17/h1-5,7-8,10-11,18H,6,9,12-16H2,(H,23,25). The number of rotatable bonds is 7. The number of hydrogen-bond acceptors (Lipinski definition) is 3. The van der Waals surface area contributed by atoms with Crippen molar-refractivity contribution in [2.45, 2.75) is 25.7 Å². The molecule has 1 aliphatic rings. The Kier molecular flexibility index (Phi) is 7.10. The van der Waals surface area contributed by atoms with Gasteiger partial charge in [0.15, 0.2) is 0 Å². The molecule has 5 nitrogen and oxygen atoms in total. The van der Waals surface area contributed by atoms with Crippen molar-refractivity contribution in [1.82, 2.24) is 4.31 Å². The number of amides is 1. The normalized spacial score (nSPS) is 16.0. The van der Waals surface area contributed by atoms with Crippen LogP contribution < -0.4 is 5.32 Å². The van der Waals surface area contributed by atoms with Crippen molar-refractivity contribution in [2.24, 2.45) is 5.92 Å². The first-order chi connectivity index (χ1) is 13.5. The van der Waals surface area contributed by atoms with Crippen molar-refractivity contribution in [2.75, 3.05) is 24.2 Å². The number of piperidine rings is 1. The second-order valence-electron chi connectivity index (χ2n) is 7.05. The van der Waals surface area contributed by atoms with Crippen LogP contribution in [0.2, 0.25) is 5.02 Å². The van der Waals surface area contributed by atoms with Crippen LogP contribution in [0.4, 0.5) is 5.69 Å². The van der Waals surface area contributed by atoms with Gasteiger partial charge in [0.25, 0.3) is 0 Å². The molecule has 0 unspecified atom stereocenters. The Morgan fingerprint density at radius 3 is 2.36 bits per heavy atom. The molecule has 1 N–H and O–H groups in total. The number of carbonyl (C=O) groups is 1. The van der Waals surface area contributed by atoms with E-state index >= 15 is 0 Å². The molecule has 0 radical (unpaired) electrons. The van der Waals surface area contributed by atoms with Gasteiger partial charge in [0.1, 0.15) is 0 Å². The number of halogens is 1. The minimum absolute atomic E-state index is 0.103. The first kappa shape index (κ1) is 20.8. The molecule has 0 saturated carbocycles. The maximum absolute atomic E-state index is 12.6. The Labute approximate surface area is 171 Å². The highest BCUT2D eigenvalue weighted by Gasteiger charge is 2.31. The molecule has 150 valence electrons. The Balaban J connectivity index is 1.47. The maximum atomic E-state index is 12.6. The number of nitrogens with one attached hydrogen (secondary N) is 1. The molecule has 1 aliphatic heterocycles. The summed E-state index contributed by atoms with van der Waals surface area (Å²) in [6.07, 6.45) is 2.39. The zero-order chi connectivity index (χ0) is 20.0. The summed E-state index contributed by atoms with van der Waals surface area (Å²) in [5.74, 6) is -0.167. The molecular formula is C21H25ClN2O3S. The summed E-state index contributed by atoms with van der Waals surface area (Å²) in [6.45, 7) is 0.766. The van der Waals surface area contributed by atoms with Crippen molar-refractivity contribution < 1.29 is 13.2 Å². The summed E-state index contributed by atoms with van der Waals surface area (Å²) >= 11 is 6.08. The Hall–Kier alpha value is -1.89. The summed E-state index contributed by atoms with van der Waals surface area (Å²) in [7, 11) is -3.29. The molecule has 2 aromatic carbocycles. The van der Waals surface area contributed by atoms with E-state index in [1.54, 1.807) is 18.2 Å². The minimum atomic E-state index is -3.29. The van der Waals surface area contributed by atoms with Crippen LogP contribution in [0.1, 0.15) is 24.8 Å². The van der Waals surface area contributed by atoms with Gasteiger partial charge in [-0.25, -0.2) is 12.7 Å². The van der Waals surface area contributed by atoms with Crippen molar-refractivity contribution in [1.29, 1.82) is 0 Å². The summed E-state index contributed by atoms with van der Waals surface area (Å²) in [4.78, 5) is 12.5. The van der Waals surface area contributed by atoms with Gasteiger partial charge in [-0.2, -0.15) is 0 Å². The van der Waals surface area contributed by atoms with Gasteiger partial charge in [-0.1, -0.05) is 54.1 Å². The molecule has 28 heavy (non-hydrogen) atoms. The molecule has 7 heteroatoms. The monoisotopic (exact) mass is 420 g/mol. The lowest BCUT2D eigenvalue weighted by Gasteiger charge is -2.30. The van der Waals surface area contributed by atoms with Gasteiger partial charge in [0.2, 0.25) is 15.9 Å². The number of nitrogens with zero attached hydrogens (tertiary/aromatic N) is 1. The van der Waals surface area contributed by atoms with Gasteiger partial charge in [0, 0.05) is 19.0 Å². The second kappa shape index (κ2) is 9.54. The Bertz CT molecular complexity index is 895. The number of benzene rings is 2. The van der Waals surface area contributed by atoms with E-state index in [0.29, 0.717) is 43.1 Å². The molecule has 0 atom stereocenters. The lowest BCUT2D eigenvalue weighted by molar-refractivity contribution is -0.120. The first-order valence-electron chi connectivity index (χ1n) is 9.53. The number of sulfonamides is 1. The average Bonchev–Trinajstić information content (AvgIpc) is 2.70. The zero-order valence-electron chi connectivity index (χ0n) is 15.7. The molecule has 3 rings (SSSR count). The number of aryl methyl sites for hydroxylation is 1. The lowest BCUT2D eigenvalue weighted by atomic mass is 9.97. The molecule has 0 bridgehead atoms. The van der Waals surface area contributed by atoms with Crippen LogP contribution in [0, 0.1) is 5.92 Å². The lowest BCUT2D eigenvalue weighted by Crippen LogP contribution is -2.42. The van der Waals surface area contributed by atoms with E-state index in [-0.39, 0.29) is 17.6 Å². The number of para-hydroxylation sites is 1. The van der Waals surface area contributed by atoms with Crippen molar-refractivity contribution in [3.63, 3.8) is 0 Å². The quantitative estimate of drug-likeness (QED) is 0.737. The number of carbonyl (C=O) groups excluding carboxylic acids is 1. The van der Waals surface area contributed by atoms with Crippen LogP contribution in [0.15, 0.2) is 54.6 Å². The molecule has 1 amide bonds.